The molecule has 0 saturated heterocycles. The summed E-state index contributed by atoms with van der Waals surface area (Å²) in [5.41, 5.74) is 7.98. The van der Waals surface area contributed by atoms with Crippen molar-refractivity contribution in [3.8, 4) is 17.5 Å². The van der Waals surface area contributed by atoms with E-state index < -0.39 is 5.82 Å². The molecule has 0 atom stereocenters. The third-order valence-electron chi connectivity index (χ3n) is 3.99. The van der Waals surface area contributed by atoms with Gasteiger partial charge in [-0.2, -0.15) is 15.5 Å². The molecule has 28 heavy (non-hydrogen) atoms. The summed E-state index contributed by atoms with van der Waals surface area (Å²) < 4.78 is 14.6. The van der Waals surface area contributed by atoms with E-state index in [9.17, 15) is 9.65 Å². The van der Waals surface area contributed by atoms with E-state index in [1.165, 1.54) is 6.21 Å². The van der Waals surface area contributed by atoms with Crippen molar-refractivity contribution < 1.29 is 4.39 Å². The van der Waals surface area contributed by atoms with Crippen LogP contribution >= 0.6 is 0 Å². The number of nitrogen functional groups attached to an aromatic ring is 1. The van der Waals surface area contributed by atoms with Crippen molar-refractivity contribution in [3.63, 3.8) is 0 Å². The van der Waals surface area contributed by atoms with Gasteiger partial charge in [0, 0.05) is 11.8 Å². The van der Waals surface area contributed by atoms with Gasteiger partial charge in [0.2, 0.25) is 0 Å². The number of aromatic amines is 1. The topological polar surface area (TPSA) is 155 Å². The Morgan fingerprint density at radius 3 is 2.86 bits per heavy atom. The third kappa shape index (κ3) is 3.68. The molecule has 3 rings (SSSR count). The van der Waals surface area contributed by atoms with Crippen molar-refractivity contribution in [3.05, 3.63) is 58.8 Å². The Morgan fingerprint density at radius 1 is 1.36 bits per heavy atom. The molecule has 2 aromatic heterocycles. The molecule has 0 bridgehead atoms. The lowest BCUT2D eigenvalue weighted by atomic mass is 10.0. The smallest absolute Gasteiger partial charge is 0.193 e. The lowest BCUT2D eigenvalue weighted by molar-refractivity contribution is 0.617. The number of aromatic nitrogens is 4. The first-order valence-corrected chi connectivity index (χ1v) is 8.14. The highest BCUT2D eigenvalue weighted by atomic mass is 19.1. The molecule has 0 spiro atoms. The summed E-state index contributed by atoms with van der Waals surface area (Å²) in [6.45, 7) is 2.03. The van der Waals surface area contributed by atoms with Gasteiger partial charge in [0.25, 0.3) is 0 Å². The zero-order valence-electron chi connectivity index (χ0n) is 14.9. The van der Waals surface area contributed by atoms with Crippen LogP contribution < -0.4 is 11.6 Å². The highest BCUT2D eigenvalue weighted by Crippen LogP contribution is 2.25. The zero-order chi connectivity index (χ0) is 20.1. The molecule has 0 unspecified atom stereocenters. The average Bonchev–Trinajstić information content (AvgIpc) is 3.21. The van der Waals surface area contributed by atoms with Gasteiger partial charge in [0.05, 0.1) is 30.1 Å². The van der Waals surface area contributed by atoms with Crippen LogP contribution in [0.5, 0.6) is 0 Å². The number of nitriles is 1. The minimum absolute atomic E-state index is 0.00135. The number of rotatable bonds is 5. The third-order valence-corrected chi connectivity index (χ3v) is 3.99. The maximum atomic E-state index is 14.6. The normalized spacial score (nSPS) is 11.7. The Labute approximate surface area is 159 Å². The van der Waals surface area contributed by atoms with Crippen LogP contribution in [0, 0.1) is 24.1 Å². The lowest BCUT2D eigenvalue weighted by Gasteiger charge is -2.10. The van der Waals surface area contributed by atoms with Crippen LogP contribution in [-0.4, -0.2) is 32.1 Å². The number of hydrogen-bond donors (Lipinski definition) is 3. The van der Waals surface area contributed by atoms with Gasteiger partial charge in [0.15, 0.2) is 17.5 Å². The lowest BCUT2D eigenvalue weighted by Crippen LogP contribution is -2.15. The molecule has 2 heterocycles. The first kappa shape index (κ1) is 18.7. The van der Waals surface area contributed by atoms with E-state index in [0.29, 0.717) is 16.7 Å². The van der Waals surface area contributed by atoms with Crippen molar-refractivity contribution in [1.82, 2.24) is 20.2 Å². The van der Waals surface area contributed by atoms with Crippen LogP contribution in [-0.2, 0) is 6.54 Å². The quantitative estimate of drug-likeness (QED) is 0.349. The second-order valence-electron chi connectivity index (χ2n) is 5.75. The molecule has 1 aromatic carbocycles. The molecule has 0 amide bonds. The van der Waals surface area contributed by atoms with Crippen molar-refractivity contribution in [2.24, 2.45) is 15.9 Å². The van der Waals surface area contributed by atoms with E-state index in [0.717, 1.165) is 5.69 Å². The van der Waals surface area contributed by atoms with Crippen molar-refractivity contribution in [1.29, 1.82) is 5.26 Å². The Kier molecular flexibility index (Phi) is 5.36. The van der Waals surface area contributed by atoms with Crippen LogP contribution in [0.4, 0.5) is 10.2 Å². The van der Waals surface area contributed by atoms with E-state index in [1.54, 1.807) is 37.4 Å². The van der Waals surface area contributed by atoms with Crippen LogP contribution in [0.15, 0.2) is 40.6 Å². The SMILES string of the molecule is Cc1c(C#N)cccc1-c1nc(N)c(F)c(C(C=NCc2ccn[nH]2)=NN)n1. The number of hydrogen-bond acceptors (Lipinski definition) is 8. The van der Waals surface area contributed by atoms with Crippen LogP contribution in [0.1, 0.15) is 22.5 Å². The standard InChI is InChI=1S/C18H16FN9/c1-10-11(7-20)3-2-4-13(10)18-25-16(15(19)17(21)26-18)14(27-22)9-23-8-12-5-6-24-28-12/h2-6,9H,8,22H2,1H3,(H,24,28)(H2,21,25,26). The van der Waals surface area contributed by atoms with Gasteiger partial charge in [0.1, 0.15) is 11.4 Å². The van der Waals surface area contributed by atoms with Gasteiger partial charge in [-0.25, -0.2) is 14.4 Å². The molecule has 10 heteroatoms. The number of nitrogens with two attached hydrogens (primary N) is 2. The molecule has 0 fully saturated rings. The summed E-state index contributed by atoms with van der Waals surface area (Å²) in [6, 6.07) is 8.92. The molecule has 0 saturated carbocycles. The maximum absolute atomic E-state index is 14.6. The highest BCUT2D eigenvalue weighted by molar-refractivity contribution is 6.37. The fraction of sp³-hybridized carbons (Fsp3) is 0.111. The monoisotopic (exact) mass is 377 g/mol. The number of hydrazone groups is 1. The highest BCUT2D eigenvalue weighted by Gasteiger charge is 2.19. The number of nitrogens with one attached hydrogen (secondary N) is 1. The summed E-state index contributed by atoms with van der Waals surface area (Å²) in [4.78, 5) is 12.4. The largest absolute Gasteiger partial charge is 0.381 e. The number of nitrogens with zero attached hydrogens (tertiary/aromatic N) is 6. The van der Waals surface area contributed by atoms with Gasteiger partial charge in [-0.05, 0) is 24.6 Å². The van der Waals surface area contributed by atoms with E-state index in [4.69, 9.17) is 11.6 Å². The summed E-state index contributed by atoms with van der Waals surface area (Å²) in [7, 11) is 0. The molecular formula is C18H16FN9. The number of H-pyrrole nitrogens is 1. The number of anilines is 1. The van der Waals surface area contributed by atoms with E-state index in [-0.39, 0.29) is 29.6 Å². The Bertz CT molecular complexity index is 1090. The molecule has 0 aliphatic carbocycles. The first-order chi connectivity index (χ1) is 13.5. The van der Waals surface area contributed by atoms with Gasteiger partial charge in [-0.15, -0.1) is 0 Å². The molecule has 140 valence electrons. The van der Waals surface area contributed by atoms with Crippen LogP contribution in [0.3, 0.4) is 0 Å². The van der Waals surface area contributed by atoms with Crippen LogP contribution in [0.25, 0.3) is 11.4 Å². The van der Waals surface area contributed by atoms with Gasteiger partial charge in [-0.1, -0.05) is 12.1 Å². The predicted molar refractivity (Wildman–Crippen MR) is 103 cm³/mol. The molecule has 3 aromatic rings. The molecular weight excluding hydrogens is 361 g/mol. The second kappa shape index (κ2) is 8.05. The van der Waals surface area contributed by atoms with Crippen molar-refractivity contribution >= 4 is 17.7 Å². The zero-order valence-corrected chi connectivity index (χ0v) is 14.9. The minimum atomic E-state index is -0.852. The predicted octanol–water partition coefficient (Wildman–Crippen LogP) is 1.70. The molecule has 9 nitrogen and oxygen atoms in total. The molecule has 0 aliphatic heterocycles. The van der Waals surface area contributed by atoms with Gasteiger partial charge >= 0.3 is 0 Å². The minimum Gasteiger partial charge on any atom is -0.381 e. The number of benzene rings is 1. The van der Waals surface area contributed by atoms with Gasteiger partial charge < -0.3 is 11.6 Å². The van der Waals surface area contributed by atoms with E-state index in [1.807, 2.05) is 0 Å². The molecule has 0 radical (unpaired) electrons. The molecule has 5 N–H and O–H groups in total. The summed E-state index contributed by atoms with van der Waals surface area (Å²) in [5, 5.41) is 19.4. The van der Waals surface area contributed by atoms with Crippen LogP contribution in [0.2, 0.25) is 0 Å². The Morgan fingerprint density at radius 2 is 2.18 bits per heavy atom. The average molecular weight is 377 g/mol. The fourth-order valence-corrected chi connectivity index (χ4v) is 2.51. The summed E-state index contributed by atoms with van der Waals surface area (Å²) in [6.07, 6.45) is 2.89. The number of aliphatic imine (C=N–C) groups is 1. The fourth-order valence-electron chi connectivity index (χ4n) is 2.51. The van der Waals surface area contributed by atoms with Gasteiger partial charge in [-0.3, -0.25) is 10.1 Å². The summed E-state index contributed by atoms with van der Waals surface area (Å²) >= 11 is 0. The second-order valence-corrected chi connectivity index (χ2v) is 5.75. The van der Waals surface area contributed by atoms with E-state index >= 15 is 0 Å². The van der Waals surface area contributed by atoms with E-state index in [2.05, 4.69) is 36.3 Å². The maximum Gasteiger partial charge on any atom is 0.193 e. The van der Waals surface area contributed by atoms with Crippen molar-refractivity contribution in [2.75, 3.05) is 5.73 Å². The molecule has 0 aliphatic rings. The summed E-state index contributed by atoms with van der Waals surface area (Å²) in [5.74, 6) is 4.36. The Hall–Kier alpha value is -4.13. The Balaban J connectivity index is 2.02. The van der Waals surface area contributed by atoms with Crippen molar-refractivity contribution in [2.45, 2.75) is 13.5 Å². The first-order valence-electron chi connectivity index (χ1n) is 8.14. The number of halogens is 1.